The highest BCUT2D eigenvalue weighted by molar-refractivity contribution is 6.28. The number of hydrogen-bond acceptors (Lipinski definition) is 7. The van der Waals surface area contributed by atoms with E-state index in [2.05, 4.69) is 25.0 Å². The van der Waals surface area contributed by atoms with Gasteiger partial charge in [-0.05, 0) is 22.2 Å². The number of halogens is 1. The van der Waals surface area contributed by atoms with E-state index >= 15 is 0 Å². The minimum absolute atomic E-state index is 0.0171. The summed E-state index contributed by atoms with van der Waals surface area (Å²) in [7, 11) is 0. The quantitative estimate of drug-likeness (QED) is 0.375. The van der Waals surface area contributed by atoms with E-state index in [0.717, 1.165) is 0 Å². The Bertz CT molecular complexity index is 729. The van der Waals surface area contributed by atoms with Gasteiger partial charge in [-0.1, -0.05) is 0 Å². The number of aromatic nitrogens is 4. The zero-order valence-electron chi connectivity index (χ0n) is 10.5. The van der Waals surface area contributed by atoms with E-state index in [9.17, 15) is 5.11 Å². The molecule has 3 rings (SSSR count). The highest BCUT2D eigenvalue weighted by Crippen LogP contribution is 2.32. The first-order chi connectivity index (χ1) is 10.1. The lowest BCUT2D eigenvalue weighted by molar-refractivity contribution is -0.0432. The summed E-state index contributed by atoms with van der Waals surface area (Å²) < 4.78 is 7.08. The molecule has 0 saturated carbocycles. The molecule has 0 spiro atoms. The van der Waals surface area contributed by atoms with Crippen molar-refractivity contribution in [2.24, 2.45) is 5.11 Å². The first-order valence-corrected chi connectivity index (χ1v) is 6.41. The molecule has 21 heavy (non-hydrogen) atoms. The van der Waals surface area contributed by atoms with Crippen molar-refractivity contribution >= 4 is 28.6 Å². The molecular weight excluding hydrogens is 302 g/mol. The number of nitrogens with zero attached hydrogens (tertiary/aromatic N) is 7. The Morgan fingerprint density at radius 1 is 1.57 bits per heavy atom. The first-order valence-electron chi connectivity index (χ1n) is 6.03. The molecule has 0 aliphatic carbocycles. The van der Waals surface area contributed by atoms with E-state index < -0.39 is 18.4 Å². The Morgan fingerprint density at radius 3 is 3.05 bits per heavy atom. The van der Waals surface area contributed by atoms with Crippen LogP contribution < -0.4 is 0 Å². The summed E-state index contributed by atoms with van der Waals surface area (Å²) in [6.45, 7) is -0.288. The third-order valence-corrected chi connectivity index (χ3v) is 3.38. The molecule has 0 radical (unpaired) electrons. The van der Waals surface area contributed by atoms with Crippen LogP contribution in [0.15, 0.2) is 11.4 Å². The average molecular weight is 312 g/mol. The summed E-state index contributed by atoms with van der Waals surface area (Å²) in [6.07, 6.45) is -0.294. The van der Waals surface area contributed by atoms with Crippen LogP contribution in [-0.2, 0) is 4.74 Å². The summed E-state index contributed by atoms with van der Waals surface area (Å²) >= 11 is 5.80. The topological polar surface area (TPSA) is 142 Å². The number of rotatable bonds is 3. The van der Waals surface area contributed by atoms with Gasteiger partial charge in [0.15, 0.2) is 11.5 Å². The Hall–Kier alpha value is -1.97. The van der Waals surface area contributed by atoms with Crippen molar-refractivity contribution in [3.8, 4) is 0 Å². The summed E-state index contributed by atoms with van der Waals surface area (Å²) in [5.41, 5.74) is 9.13. The number of ether oxygens (including phenoxy) is 1. The van der Waals surface area contributed by atoms with Crippen molar-refractivity contribution < 1.29 is 14.9 Å². The van der Waals surface area contributed by atoms with Crippen LogP contribution in [0, 0.1) is 0 Å². The summed E-state index contributed by atoms with van der Waals surface area (Å²) in [6, 6.07) is 0. The van der Waals surface area contributed by atoms with Crippen molar-refractivity contribution in [2.45, 2.75) is 24.9 Å². The Balaban J connectivity index is 2.07. The molecule has 1 aliphatic rings. The van der Waals surface area contributed by atoms with Crippen molar-refractivity contribution in [1.82, 2.24) is 19.5 Å². The number of fused-ring (bicyclic) bond motifs is 1. The summed E-state index contributed by atoms with van der Waals surface area (Å²) in [5.74, 6) is 0.0171. The molecule has 11 heteroatoms. The molecule has 2 N–H and O–H groups in total. The molecule has 0 aromatic carbocycles. The predicted molar refractivity (Wildman–Crippen MR) is 70.8 cm³/mol. The molecule has 0 unspecified atom stereocenters. The van der Waals surface area contributed by atoms with Gasteiger partial charge in [-0.25, -0.2) is 9.97 Å². The summed E-state index contributed by atoms with van der Waals surface area (Å²) in [5, 5.41) is 22.2. The zero-order chi connectivity index (χ0) is 15.0. The van der Waals surface area contributed by atoms with Crippen molar-refractivity contribution in [3.05, 3.63) is 22.1 Å². The van der Waals surface area contributed by atoms with Crippen molar-refractivity contribution in [2.75, 3.05) is 6.61 Å². The van der Waals surface area contributed by atoms with Gasteiger partial charge in [0.25, 0.3) is 0 Å². The lowest BCUT2D eigenvalue weighted by Gasteiger charge is -2.13. The van der Waals surface area contributed by atoms with Gasteiger partial charge < -0.3 is 14.9 Å². The SMILES string of the molecule is [N-]=[N+]=Nc1nc(Cl)nc2c1ncn2[C@H]1C[C@H](O)[C@@H](CO)O1. The van der Waals surface area contributed by atoms with Gasteiger partial charge in [-0.3, -0.25) is 4.57 Å². The molecular formula is C10H10ClN7O3. The lowest BCUT2D eigenvalue weighted by atomic mass is 10.2. The Morgan fingerprint density at radius 2 is 2.38 bits per heavy atom. The predicted octanol–water partition coefficient (Wildman–Crippen LogP) is 1.06. The second-order valence-corrected chi connectivity index (χ2v) is 4.78. The highest BCUT2D eigenvalue weighted by Gasteiger charge is 2.35. The van der Waals surface area contributed by atoms with Gasteiger partial charge in [0.1, 0.15) is 17.8 Å². The van der Waals surface area contributed by atoms with Crippen LogP contribution in [-0.4, -0.2) is 48.5 Å². The van der Waals surface area contributed by atoms with E-state index in [0.29, 0.717) is 5.65 Å². The van der Waals surface area contributed by atoms with Crippen LogP contribution >= 0.6 is 11.6 Å². The molecule has 3 heterocycles. The van der Waals surface area contributed by atoms with E-state index in [1.807, 2.05) is 0 Å². The molecule has 0 bridgehead atoms. The summed E-state index contributed by atoms with van der Waals surface area (Å²) in [4.78, 5) is 14.6. The maximum atomic E-state index is 9.78. The minimum atomic E-state index is -0.786. The second kappa shape index (κ2) is 5.43. The second-order valence-electron chi connectivity index (χ2n) is 4.44. The van der Waals surface area contributed by atoms with Crippen LogP contribution in [0.3, 0.4) is 0 Å². The molecule has 2 aromatic heterocycles. The van der Waals surface area contributed by atoms with Crippen LogP contribution in [0.25, 0.3) is 21.6 Å². The van der Waals surface area contributed by atoms with Gasteiger partial charge in [-0.2, -0.15) is 4.98 Å². The third-order valence-electron chi connectivity index (χ3n) is 3.21. The molecule has 3 atom stereocenters. The monoisotopic (exact) mass is 311 g/mol. The number of azide groups is 1. The van der Waals surface area contributed by atoms with Crippen LogP contribution in [0.1, 0.15) is 12.6 Å². The Labute approximate surface area is 122 Å². The van der Waals surface area contributed by atoms with Crippen molar-refractivity contribution in [1.29, 1.82) is 0 Å². The first kappa shape index (κ1) is 14.0. The molecule has 2 aromatic rings. The molecule has 1 fully saturated rings. The van der Waals surface area contributed by atoms with E-state index in [1.165, 1.54) is 6.33 Å². The van der Waals surface area contributed by atoms with E-state index in [1.54, 1.807) is 4.57 Å². The molecule has 110 valence electrons. The fourth-order valence-electron chi connectivity index (χ4n) is 2.25. The van der Waals surface area contributed by atoms with Gasteiger partial charge in [-0.15, -0.1) is 0 Å². The highest BCUT2D eigenvalue weighted by atomic mass is 35.5. The average Bonchev–Trinajstić information content (AvgIpc) is 3.02. The van der Waals surface area contributed by atoms with E-state index in [4.69, 9.17) is 27.0 Å². The molecule has 1 saturated heterocycles. The Kier molecular flexibility index (Phi) is 3.62. The largest absolute Gasteiger partial charge is 0.394 e. The molecule has 1 aliphatic heterocycles. The third kappa shape index (κ3) is 2.39. The fraction of sp³-hybridized carbons (Fsp3) is 0.500. The van der Waals surface area contributed by atoms with Gasteiger partial charge in [0, 0.05) is 11.3 Å². The fourth-order valence-corrected chi connectivity index (χ4v) is 2.41. The van der Waals surface area contributed by atoms with Crippen LogP contribution in [0.2, 0.25) is 5.28 Å². The van der Waals surface area contributed by atoms with E-state index in [-0.39, 0.29) is 29.6 Å². The number of hydrogen-bond donors (Lipinski definition) is 2. The van der Waals surface area contributed by atoms with Gasteiger partial charge in [0.05, 0.1) is 19.0 Å². The molecule has 10 nitrogen and oxygen atoms in total. The maximum absolute atomic E-state index is 9.78. The zero-order valence-corrected chi connectivity index (χ0v) is 11.3. The number of aliphatic hydroxyl groups excluding tert-OH is 2. The van der Waals surface area contributed by atoms with Crippen LogP contribution in [0.4, 0.5) is 5.82 Å². The van der Waals surface area contributed by atoms with Crippen LogP contribution in [0.5, 0.6) is 0 Å². The standard InChI is InChI=1S/C10H10ClN7O3/c11-10-14-8(16-17-12)7-9(15-10)18(3-13-7)6-1-4(20)5(2-19)21-6/h3-6,19-20H,1-2H2/t4-,5+,6+/m0/s1. The van der Waals surface area contributed by atoms with Gasteiger partial charge in [0.2, 0.25) is 5.28 Å². The minimum Gasteiger partial charge on any atom is -0.394 e. The smallest absolute Gasteiger partial charge is 0.224 e. The maximum Gasteiger partial charge on any atom is 0.224 e. The lowest BCUT2D eigenvalue weighted by Crippen LogP contribution is -2.24. The number of aliphatic hydroxyl groups is 2. The van der Waals surface area contributed by atoms with Gasteiger partial charge >= 0.3 is 0 Å². The number of imidazole rings is 1. The normalized spacial score (nSPS) is 25.2. The molecule has 0 amide bonds. The van der Waals surface area contributed by atoms with Crippen molar-refractivity contribution in [3.63, 3.8) is 0 Å².